The first kappa shape index (κ1) is 22.0. The van der Waals surface area contributed by atoms with Crippen LogP contribution in [0.2, 0.25) is 0 Å². The molecule has 0 bridgehead atoms. The zero-order chi connectivity index (χ0) is 21.5. The molecule has 3 heteroatoms. The fourth-order valence-corrected chi connectivity index (χ4v) is 5.74. The van der Waals surface area contributed by atoms with Crippen LogP contribution < -0.4 is 15.9 Å². The molecule has 0 fully saturated rings. The van der Waals surface area contributed by atoms with Gasteiger partial charge < -0.3 is 4.74 Å². The lowest BCUT2D eigenvalue weighted by atomic mass is 10.0. The molecule has 0 aromatic heterocycles. The van der Waals surface area contributed by atoms with Crippen molar-refractivity contribution in [3.05, 3.63) is 102 Å². The van der Waals surface area contributed by atoms with Gasteiger partial charge in [0, 0.05) is 0 Å². The highest BCUT2D eigenvalue weighted by Crippen LogP contribution is 2.34. The van der Waals surface area contributed by atoms with Gasteiger partial charge in [0.15, 0.2) is 0 Å². The molecule has 3 rings (SSSR count). The first-order valence-electron chi connectivity index (χ1n) is 10.3. The molecule has 1 atom stereocenters. The molecule has 0 radical (unpaired) electrons. The van der Waals surface area contributed by atoms with E-state index in [9.17, 15) is 4.79 Å². The van der Waals surface area contributed by atoms with E-state index in [0.717, 1.165) is 10.9 Å². The predicted octanol–water partition coefficient (Wildman–Crippen LogP) is 5.59. The molecule has 0 spiro atoms. The second-order valence-electron chi connectivity index (χ2n) is 7.88. The summed E-state index contributed by atoms with van der Waals surface area (Å²) >= 11 is 0. The Morgan fingerprint density at radius 2 is 1.30 bits per heavy atom. The molecule has 0 aliphatic heterocycles. The number of esters is 1. The Morgan fingerprint density at radius 1 is 0.800 bits per heavy atom. The van der Waals surface area contributed by atoms with E-state index in [-0.39, 0.29) is 18.0 Å². The quantitative estimate of drug-likeness (QED) is 0.285. The maximum absolute atomic E-state index is 13.3. The summed E-state index contributed by atoms with van der Waals surface area (Å²) in [6, 6.07) is 28.7. The highest BCUT2D eigenvalue weighted by Gasteiger charge is 2.25. The molecule has 154 valence electrons. The first-order chi connectivity index (χ1) is 14.5. The second kappa shape index (κ2) is 10.4. The van der Waals surface area contributed by atoms with Crippen molar-refractivity contribution in [3.8, 4) is 0 Å². The number of allylic oxidation sites excluding steroid dienone is 1. The summed E-state index contributed by atoms with van der Waals surface area (Å²) in [4.78, 5) is 13.3. The van der Waals surface area contributed by atoms with E-state index < -0.39 is 7.92 Å². The molecule has 0 aliphatic carbocycles. The lowest BCUT2D eigenvalue weighted by molar-refractivity contribution is 0.0309. The Hall–Kier alpha value is -2.70. The van der Waals surface area contributed by atoms with Crippen LogP contribution in [0.15, 0.2) is 96.6 Å². The monoisotopic (exact) mass is 416 g/mol. The summed E-state index contributed by atoms with van der Waals surface area (Å²) in [7, 11) is -0.873. The smallest absolute Gasteiger partial charge is 0.339 e. The Labute approximate surface area is 181 Å². The number of carbonyl (C=O) groups is 1. The van der Waals surface area contributed by atoms with Crippen LogP contribution >= 0.6 is 7.92 Å². The van der Waals surface area contributed by atoms with Gasteiger partial charge in [-0.05, 0) is 55.7 Å². The standard InChI is InChI=1S/C27H29O2P/c1-20(2)19-25(21(3)4)29-27(28)24-17-11-12-18-26(24)30(22-13-7-5-8-14-22)23-15-9-6-10-16-23/h5-19,21,25H,1-4H3. The predicted molar refractivity (Wildman–Crippen MR) is 129 cm³/mol. The molecular weight excluding hydrogens is 387 g/mol. The number of carbonyl (C=O) groups excluding carboxylic acids is 1. The number of hydrogen-bond acceptors (Lipinski definition) is 2. The number of ether oxygens (including phenoxy) is 1. The molecule has 0 aliphatic rings. The molecule has 0 amide bonds. The molecule has 0 saturated carbocycles. The largest absolute Gasteiger partial charge is 0.454 e. The minimum atomic E-state index is -0.873. The Balaban J connectivity index is 2.05. The van der Waals surface area contributed by atoms with Gasteiger partial charge in [0.25, 0.3) is 0 Å². The van der Waals surface area contributed by atoms with E-state index in [4.69, 9.17) is 4.74 Å². The molecular formula is C27H29O2P. The van der Waals surface area contributed by atoms with Gasteiger partial charge in [0.1, 0.15) is 6.10 Å². The molecule has 0 saturated heterocycles. The molecule has 0 N–H and O–H groups in total. The van der Waals surface area contributed by atoms with Crippen molar-refractivity contribution in [2.24, 2.45) is 5.92 Å². The van der Waals surface area contributed by atoms with E-state index in [1.807, 2.05) is 50.3 Å². The number of hydrogen-bond donors (Lipinski definition) is 0. The lowest BCUT2D eigenvalue weighted by Gasteiger charge is -2.23. The summed E-state index contributed by atoms with van der Waals surface area (Å²) in [5.74, 6) is -0.0538. The fraction of sp³-hybridized carbons (Fsp3) is 0.222. The third-order valence-corrected chi connectivity index (χ3v) is 7.29. The number of rotatable bonds is 7. The Bertz CT molecular complexity index is 950. The van der Waals surface area contributed by atoms with Crippen molar-refractivity contribution in [1.29, 1.82) is 0 Å². The van der Waals surface area contributed by atoms with Gasteiger partial charge in [-0.2, -0.15) is 0 Å². The van der Waals surface area contributed by atoms with Gasteiger partial charge in [-0.1, -0.05) is 98.3 Å². The number of benzene rings is 3. The van der Waals surface area contributed by atoms with Crippen LogP contribution in [0.4, 0.5) is 0 Å². The van der Waals surface area contributed by atoms with Crippen LogP contribution in [0, 0.1) is 5.92 Å². The van der Waals surface area contributed by atoms with E-state index in [0.29, 0.717) is 5.56 Å². The van der Waals surface area contributed by atoms with Crippen molar-refractivity contribution in [2.75, 3.05) is 0 Å². The van der Waals surface area contributed by atoms with Gasteiger partial charge in [-0.15, -0.1) is 0 Å². The van der Waals surface area contributed by atoms with E-state index in [2.05, 4.69) is 68.4 Å². The molecule has 1 unspecified atom stereocenters. The summed E-state index contributed by atoms with van der Waals surface area (Å²) < 4.78 is 5.97. The van der Waals surface area contributed by atoms with Crippen molar-refractivity contribution in [1.82, 2.24) is 0 Å². The summed E-state index contributed by atoms with van der Waals surface area (Å²) in [5, 5.41) is 3.45. The maximum atomic E-state index is 13.3. The van der Waals surface area contributed by atoms with Crippen molar-refractivity contribution < 1.29 is 9.53 Å². The van der Waals surface area contributed by atoms with Crippen molar-refractivity contribution in [3.63, 3.8) is 0 Å². The highest BCUT2D eigenvalue weighted by atomic mass is 31.1. The van der Waals surface area contributed by atoms with Crippen LogP contribution in [-0.4, -0.2) is 12.1 Å². The summed E-state index contributed by atoms with van der Waals surface area (Å²) in [5.41, 5.74) is 1.79. The van der Waals surface area contributed by atoms with E-state index in [1.54, 1.807) is 0 Å². The lowest BCUT2D eigenvalue weighted by Crippen LogP contribution is -2.28. The second-order valence-corrected chi connectivity index (χ2v) is 10.1. The fourth-order valence-electron chi connectivity index (χ4n) is 3.30. The normalized spacial score (nSPS) is 11.9. The molecule has 3 aromatic carbocycles. The van der Waals surface area contributed by atoms with Gasteiger partial charge in [0.2, 0.25) is 0 Å². The molecule has 0 heterocycles. The zero-order valence-corrected chi connectivity index (χ0v) is 19.0. The average Bonchev–Trinajstić information content (AvgIpc) is 2.75. The minimum Gasteiger partial charge on any atom is -0.454 e. The zero-order valence-electron chi connectivity index (χ0n) is 18.1. The topological polar surface area (TPSA) is 26.3 Å². The molecule has 30 heavy (non-hydrogen) atoms. The Morgan fingerprint density at radius 3 is 1.80 bits per heavy atom. The van der Waals surface area contributed by atoms with Crippen LogP contribution in [0.25, 0.3) is 0 Å². The van der Waals surface area contributed by atoms with E-state index in [1.165, 1.54) is 10.6 Å². The van der Waals surface area contributed by atoms with Crippen molar-refractivity contribution in [2.45, 2.75) is 33.8 Å². The molecule has 3 aromatic rings. The maximum Gasteiger partial charge on any atom is 0.339 e. The average molecular weight is 417 g/mol. The van der Waals surface area contributed by atoms with Crippen molar-refractivity contribution >= 4 is 29.8 Å². The summed E-state index contributed by atoms with van der Waals surface area (Å²) in [6.45, 7) is 8.21. The van der Waals surface area contributed by atoms with Crippen LogP contribution in [-0.2, 0) is 4.74 Å². The van der Waals surface area contributed by atoms with Gasteiger partial charge in [0.05, 0.1) is 5.56 Å². The van der Waals surface area contributed by atoms with Gasteiger partial charge in [-0.3, -0.25) is 0 Å². The Kier molecular flexibility index (Phi) is 7.60. The van der Waals surface area contributed by atoms with Crippen LogP contribution in [0.3, 0.4) is 0 Å². The summed E-state index contributed by atoms with van der Waals surface area (Å²) in [6.07, 6.45) is 1.79. The van der Waals surface area contributed by atoms with Gasteiger partial charge >= 0.3 is 5.97 Å². The molecule has 2 nitrogen and oxygen atoms in total. The highest BCUT2D eigenvalue weighted by molar-refractivity contribution is 7.80. The first-order valence-corrected chi connectivity index (χ1v) is 11.7. The third kappa shape index (κ3) is 5.46. The van der Waals surface area contributed by atoms with Crippen LogP contribution in [0.5, 0.6) is 0 Å². The van der Waals surface area contributed by atoms with E-state index >= 15 is 0 Å². The SMILES string of the molecule is CC(C)=CC(OC(=O)c1ccccc1P(c1ccccc1)c1ccccc1)C(C)C. The van der Waals surface area contributed by atoms with Crippen LogP contribution in [0.1, 0.15) is 38.1 Å². The van der Waals surface area contributed by atoms with Gasteiger partial charge in [-0.25, -0.2) is 4.79 Å². The third-order valence-electron chi connectivity index (χ3n) is 4.79. The minimum absolute atomic E-state index is 0.209.